The summed E-state index contributed by atoms with van der Waals surface area (Å²) < 4.78 is 0. The Morgan fingerprint density at radius 2 is 1.73 bits per heavy atom. The molecule has 0 aromatic carbocycles. The predicted molar refractivity (Wildman–Crippen MR) is 64.7 cm³/mol. The van der Waals surface area contributed by atoms with Gasteiger partial charge in [0.2, 0.25) is 0 Å². The third-order valence-corrected chi connectivity index (χ3v) is 2.32. The van der Waals surface area contributed by atoms with E-state index in [9.17, 15) is 0 Å². The van der Waals surface area contributed by atoms with Crippen molar-refractivity contribution in [1.29, 1.82) is 5.26 Å². The zero-order chi connectivity index (χ0) is 11.5. The molecule has 1 N–H and O–H groups in total. The van der Waals surface area contributed by atoms with Crippen LogP contribution in [0.3, 0.4) is 0 Å². The van der Waals surface area contributed by atoms with Crippen LogP contribution in [-0.2, 0) is 0 Å². The lowest BCUT2D eigenvalue weighted by molar-refractivity contribution is 0.258. The van der Waals surface area contributed by atoms with Crippen molar-refractivity contribution in [3.63, 3.8) is 0 Å². The summed E-state index contributed by atoms with van der Waals surface area (Å²) in [7, 11) is 0. The molecule has 0 aliphatic rings. The third kappa shape index (κ3) is 7.35. The summed E-state index contributed by atoms with van der Waals surface area (Å²) in [6, 6.07) is 2.32. The Labute approximate surface area is 94.5 Å². The first-order valence-electron chi connectivity index (χ1n) is 6.13. The molecule has 3 heteroatoms. The smallest absolute Gasteiger partial charge is 0.108 e. The minimum atomic E-state index is -0.0111. The molecule has 15 heavy (non-hydrogen) atoms. The summed E-state index contributed by atoms with van der Waals surface area (Å²) in [6.45, 7) is 10.5. The lowest BCUT2D eigenvalue weighted by Gasteiger charge is -2.23. The molecule has 0 aliphatic heterocycles. The van der Waals surface area contributed by atoms with Crippen molar-refractivity contribution in [2.24, 2.45) is 0 Å². The van der Waals surface area contributed by atoms with Crippen LogP contribution in [0, 0.1) is 11.3 Å². The Morgan fingerprint density at radius 1 is 1.13 bits per heavy atom. The summed E-state index contributed by atoms with van der Waals surface area (Å²) in [4.78, 5) is 2.37. The zero-order valence-electron chi connectivity index (χ0n) is 10.4. The maximum absolute atomic E-state index is 9.00. The maximum atomic E-state index is 9.00. The molecule has 1 unspecified atom stereocenters. The largest absolute Gasteiger partial charge is 0.301 e. The highest BCUT2D eigenvalue weighted by Crippen LogP contribution is 1.96. The van der Waals surface area contributed by atoms with Crippen molar-refractivity contribution in [3.05, 3.63) is 0 Å². The Kier molecular flexibility index (Phi) is 9.55. The minimum Gasteiger partial charge on any atom is -0.301 e. The van der Waals surface area contributed by atoms with Gasteiger partial charge < -0.3 is 10.2 Å². The standard InChI is InChI=1S/C12H25N3/c1-4-7-14-12(10-13)11-15(8-5-2)9-6-3/h12,14H,4-9,11H2,1-3H3. The quantitative estimate of drug-likeness (QED) is 0.634. The van der Waals surface area contributed by atoms with Crippen molar-refractivity contribution in [2.75, 3.05) is 26.2 Å². The van der Waals surface area contributed by atoms with Crippen LogP contribution >= 0.6 is 0 Å². The van der Waals surface area contributed by atoms with Crippen LogP contribution in [0.2, 0.25) is 0 Å². The maximum Gasteiger partial charge on any atom is 0.108 e. The number of nitrogens with one attached hydrogen (secondary N) is 1. The summed E-state index contributed by atoms with van der Waals surface area (Å²) in [5.41, 5.74) is 0. The van der Waals surface area contributed by atoms with Gasteiger partial charge in [-0.2, -0.15) is 5.26 Å². The molecule has 3 nitrogen and oxygen atoms in total. The topological polar surface area (TPSA) is 39.1 Å². The highest BCUT2D eigenvalue weighted by atomic mass is 15.1. The van der Waals surface area contributed by atoms with Gasteiger partial charge in [0.15, 0.2) is 0 Å². The fourth-order valence-electron chi connectivity index (χ4n) is 1.65. The van der Waals surface area contributed by atoms with E-state index in [1.165, 1.54) is 0 Å². The summed E-state index contributed by atoms with van der Waals surface area (Å²) >= 11 is 0. The predicted octanol–water partition coefficient (Wildman–Crippen LogP) is 2.00. The molecule has 0 aliphatic carbocycles. The fraction of sp³-hybridized carbons (Fsp3) is 0.917. The second-order valence-corrected chi connectivity index (χ2v) is 3.94. The molecule has 1 atom stereocenters. The summed E-state index contributed by atoms with van der Waals surface area (Å²) in [6.07, 6.45) is 3.40. The molecule has 0 spiro atoms. The van der Waals surface area contributed by atoms with E-state index in [0.717, 1.165) is 45.4 Å². The molecule has 0 saturated carbocycles. The highest BCUT2D eigenvalue weighted by Gasteiger charge is 2.11. The van der Waals surface area contributed by atoms with E-state index >= 15 is 0 Å². The van der Waals surface area contributed by atoms with Gasteiger partial charge in [0.05, 0.1) is 6.07 Å². The van der Waals surface area contributed by atoms with Crippen LogP contribution in [0.5, 0.6) is 0 Å². The Morgan fingerprint density at radius 3 is 2.13 bits per heavy atom. The molecular formula is C12H25N3. The van der Waals surface area contributed by atoms with Gasteiger partial charge in [-0.15, -0.1) is 0 Å². The highest BCUT2D eigenvalue weighted by molar-refractivity contribution is 4.91. The van der Waals surface area contributed by atoms with Crippen LogP contribution in [-0.4, -0.2) is 37.1 Å². The van der Waals surface area contributed by atoms with E-state index in [1.807, 2.05) is 0 Å². The van der Waals surface area contributed by atoms with E-state index in [-0.39, 0.29) is 6.04 Å². The van der Waals surface area contributed by atoms with Crippen molar-refractivity contribution < 1.29 is 0 Å². The second-order valence-electron chi connectivity index (χ2n) is 3.94. The molecule has 0 heterocycles. The first kappa shape index (κ1) is 14.4. The van der Waals surface area contributed by atoms with Gasteiger partial charge in [0.25, 0.3) is 0 Å². The monoisotopic (exact) mass is 211 g/mol. The van der Waals surface area contributed by atoms with E-state index < -0.39 is 0 Å². The lowest BCUT2D eigenvalue weighted by atomic mass is 10.2. The number of hydrogen-bond donors (Lipinski definition) is 1. The molecule has 88 valence electrons. The fourth-order valence-corrected chi connectivity index (χ4v) is 1.65. The van der Waals surface area contributed by atoms with Crippen LogP contribution in [0.15, 0.2) is 0 Å². The summed E-state index contributed by atoms with van der Waals surface area (Å²) in [5, 5.41) is 12.3. The molecule has 0 fully saturated rings. The van der Waals surface area contributed by atoms with E-state index in [1.54, 1.807) is 0 Å². The zero-order valence-corrected chi connectivity index (χ0v) is 10.4. The number of hydrogen-bond acceptors (Lipinski definition) is 3. The van der Waals surface area contributed by atoms with Crippen LogP contribution < -0.4 is 5.32 Å². The van der Waals surface area contributed by atoms with Crippen LogP contribution in [0.4, 0.5) is 0 Å². The molecule has 0 amide bonds. The molecule has 0 rings (SSSR count). The first-order valence-corrected chi connectivity index (χ1v) is 6.13. The van der Waals surface area contributed by atoms with Gasteiger partial charge in [0, 0.05) is 6.54 Å². The molecule has 0 saturated heterocycles. The molecule has 0 aromatic heterocycles. The van der Waals surface area contributed by atoms with E-state index in [2.05, 4.69) is 37.1 Å². The SMILES string of the molecule is CCCNC(C#N)CN(CCC)CCC. The van der Waals surface area contributed by atoms with Crippen molar-refractivity contribution in [2.45, 2.75) is 46.1 Å². The Balaban J connectivity index is 3.92. The number of nitriles is 1. The van der Waals surface area contributed by atoms with Crippen molar-refractivity contribution in [1.82, 2.24) is 10.2 Å². The Hall–Kier alpha value is -0.590. The summed E-state index contributed by atoms with van der Waals surface area (Å²) in [5.74, 6) is 0. The molecule has 0 aromatic rings. The van der Waals surface area contributed by atoms with Gasteiger partial charge in [-0.3, -0.25) is 0 Å². The third-order valence-electron chi connectivity index (χ3n) is 2.32. The molecular weight excluding hydrogens is 186 g/mol. The van der Waals surface area contributed by atoms with Crippen LogP contribution in [0.1, 0.15) is 40.0 Å². The number of rotatable bonds is 9. The van der Waals surface area contributed by atoms with Crippen LogP contribution in [0.25, 0.3) is 0 Å². The lowest BCUT2D eigenvalue weighted by Crippen LogP contribution is -2.41. The van der Waals surface area contributed by atoms with Gasteiger partial charge in [-0.25, -0.2) is 0 Å². The minimum absolute atomic E-state index is 0.0111. The second kappa shape index (κ2) is 9.95. The van der Waals surface area contributed by atoms with Gasteiger partial charge in [0.1, 0.15) is 6.04 Å². The average molecular weight is 211 g/mol. The van der Waals surface area contributed by atoms with Gasteiger partial charge >= 0.3 is 0 Å². The number of nitrogens with zero attached hydrogens (tertiary/aromatic N) is 2. The average Bonchev–Trinajstić information content (AvgIpc) is 2.24. The van der Waals surface area contributed by atoms with Gasteiger partial charge in [-0.05, 0) is 38.9 Å². The molecule has 0 bridgehead atoms. The van der Waals surface area contributed by atoms with Crippen molar-refractivity contribution >= 4 is 0 Å². The molecule has 0 radical (unpaired) electrons. The van der Waals surface area contributed by atoms with Crippen molar-refractivity contribution in [3.8, 4) is 6.07 Å². The van der Waals surface area contributed by atoms with Gasteiger partial charge in [-0.1, -0.05) is 20.8 Å². The van der Waals surface area contributed by atoms with E-state index in [4.69, 9.17) is 5.26 Å². The normalized spacial score (nSPS) is 12.7. The first-order chi connectivity index (χ1) is 7.28. The van der Waals surface area contributed by atoms with E-state index in [0.29, 0.717) is 0 Å². The Bertz CT molecular complexity index is 168.